The number of likely N-dealkylation sites (tertiary alicyclic amines) is 1. The van der Waals surface area contributed by atoms with E-state index in [1.54, 1.807) is 0 Å². The van der Waals surface area contributed by atoms with Crippen LogP contribution in [0.15, 0.2) is 12.2 Å². The van der Waals surface area contributed by atoms with Crippen LogP contribution < -0.4 is 5.32 Å². The van der Waals surface area contributed by atoms with Gasteiger partial charge in [-0.1, -0.05) is 26.3 Å². The van der Waals surface area contributed by atoms with Crippen molar-refractivity contribution in [2.75, 3.05) is 26.2 Å². The predicted octanol–water partition coefficient (Wildman–Crippen LogP) is 2.81. The normalized spacial score (nSPS) is 22.9. The Morgan fingerprint density at radius 2 is 1.94 bits per heavy atom. The van der Waals surface area contributed by atoms with Gasteiger partial charge in [-0.2, -0.15) is 0 Å². The van der Waals surface area contributed by atoms with Crippen LogP contribution in [-0.2, 0) is 0 Å². The van der Waals surface area contributed by atoms with Gasteiger partial charge in [-0.25, -0.2) is 0 Å². The minimum atomic E-state index is 0.807. The van der Waals surface area contributed by atoms with Crippen LogP contribution in [0.25, 0.3) is 0 Å². The van der Waals surface area contributed by atoms with Crippen LogP contribution in [0.3, 0.4) is 0 Å². The maximum absolute atomic E-state index is 4.20. The van der Waals surface area contributed by atoms with Crippen molar-refractivity contribution in [3.8, 4) is 0 Å². The molecule has 2 rings (SSSR count). The summed E-state index contributed by atoms with van der Waals surface area (Å²) in [6, 6.07) is 0.807. The summed E-state index contributed by atoms with van der Waals surface area (Å²) in [6.07, 6.45) is 8.32. The van der Waals surface area contributed by atoms with Crippen molar-refractivity contribution in [1.82, 2.24) is 10.2 Å². The van der Waals surface area contributed by atoms with Gasteiger partial charge in [0.15, 0.2) is 0 Å². The Hall–Kier alpha value is -0.340. The summed E-state index contributed by atoms with van der Waals surface area (Å²) >= 11 is 0. The van der Waals surface area contributed by atoms with E-state index in [1.807, 2.05) is 0 Å². The molecule has 98 valence electrons. The fraction of sp³-hybridized carbons (Fsp3) is 0.867. The SMILES string of the molecule is C=C(CNC1CC1)CN1CCC(CCC)CC1. The van der Waals surface area contributed by atoms with Crippen LogP contribution in [0.5, 0.6) is 0 Å². The maximum Gasteiger partial charge on any atom is 0.0202 e. The summed E-state index contributed by atoms with van der Waals surface area (Å²) in [4.78, 5) is 2.59. The largest absolute Gasteiger partial charge is 0.310 e. The first-order chi connectivity index (χ1) is 8.28. The molecule has 0 radical (unpaired) electrons. The molecule has 2 nitrogen and oxygen atoms in total. The zero-order valence-corrected chi connectivity index (χ0v) is 11.4. The molecule has 2 aliphatic rings. The summed E-state index contributed by atoms with van der Waals surface area (Å²) in [7, 11) is 0. The molecule has 2 heteroatoms. The Balaban J connectivity index is 1.58. The highest BCUT2D eigenvalue weighted by Gasteiger charge is 2.21. The summed E-state index contributed by atoms with van der Waals surface area (Å²) in [6.45, 7) is 11.2. The zero-order chi connectivity index (χ0) is 12.1. The first-order valence-corrected chi connectivity index (χ1v) is 7.40. The lowest BCUT2D eigenvalue weighted by Gasteiger charge is -2.32. The molecule has 0 aromatic carbocycles. The second kappa shape index (κ2) is 6.55. The molecule has 0 bridgehead atoms. The number of hydrogen-bond donors (Lipinski definition) is 1. The van der Waals surface area contributed by atoms with E-state index in [1.165, 1.54) is 57.2 Å². The molecule has 0 spiro atoms. The van der Waals surface area contributed by atoms with Gasteiger partial charge < -0.3 is 5.32 Å². The Bertz CT molecular complexity index is 237. The van der Waals surface area contributed by atoms with Gasteiger partial charge in [0.25, 0.3) is 0 Å². The van der Waals surface area contributed by atoms with E-state index in [4.69, 9.17) is 0 Å². The van der Waals surface area contributed by atoms with Gasteiger partial charge in [-0.05, 0) is 50.3 Å². The highest BCUT2D eigenvalue weighted by molar-refractivity contribution is 5.02. The third kappa shape index (κ3) is 4.81. The van der Waals surface area contributed by atoms with E-state index in [-0.39, 0.29) is 0 Å². The highest BCUT2D eigenvalue weighted by Crippen LogP contribution is 2.22. The maximum atomic E-state index is 4.20. The third-order valence-electron chi connectivity index (χ3n) is 4.07. The van der Waals surface area contributed by atoms with Crippen LogP contribution in [0.2, 0.25) is 0 Å². The van der Waals surface area contributed by atoms with Crippen molar-refractivity contribution >= 4 is 0 Å². The third-order valence-corrected chi connectivity index (χ3v) is 4.07. The monoisotopic (exact) mass is 236 g/mol. The quantitative estimate of drug-likeness (QED) is 0.684. The number of nitrogens with one attached hydrogen (secondary N) is 1. The smallest absolute Gasteiger partial charge is 0.0202 e. The summed E-state index contributed by atoms with van der Waals surface area (Å²) in [5.74, 6) is 0.995. The molecule has 2 fully saturated rings. The van der Waals surface area contributed by atoms with Gasteiger partial charge >= 0.3 is 0 Å². The van der Waals surface area contributed by atoms with Crippen molar-refractivity contribution in [3.63, 3.8) is 0 Å². The Morgan fingerprint density at radius 3 is 2.53 bits per heavy atom. The Labute approximate surface area is 106 Å². The fourth-order valence-corrected chi connectivity index (χ4v) is 2.79. The number of piperidine rings is 1. The standard InChI is InChI=1S/C15H28N2/c1-3-4-14-7-9-17(10-8-14)12-13(2)11-16-15-5-6-15/h14-16H,2-12H2,1H3. The van der Waals surface area contributed by atoms with E-state index < -0.39 is 0 Å². The molecule has 0 amide bonds. The molecule has 1 N–H and O–H groups in total. The minimum absolute atomic E-state index is 0.807. The lowest BCUT2D eigenvalue weighted by atomic mass is 9.92. The van der Waals surface area contributed by atoms with Crippen LogP contribution in [0.4, 0.5) is 0 Å². The van der Waals surface area contributed by atoms with E-state index in [2.05, 4.69) is 23.7 Å². The lowest BCUT2D eigenvalue weighted by Crippen LogP contribution is -2.36. The van der Waals surface area contributed by atoms with E-state index in [0.29, 0.717) is 0 Å². The number of rotatable bonds is 7. The first kappa shape index (κ1) is 13.1. The van der Waals surface area contributed by atoms with Crippen molar-refractivity contribution in [1.29, 1.82) is 0 Å². The number of nitrogens with zero attached hydrogens (tertiary/aromatic N) is 1. The van der Waals surface area contributed by atoms with E-state index in [9.17, 15) is 0 Å². The molecule has 0 aromatic rings. The molecular weight excluding hydrogens is 208 g/mol. The van der Waals surface area contributed by atoms with Crippen molar-refractivity contribution in [2.24, 2.45) is 5.92 Å². The lowest BCUT2D eigenvalue weighted by molar-refractivity contribution is 0.190. The van der Waals surface area contributed by atoms with E-state index in [0.717, 1.165) is 25.0 Å². The highest BCUT2D eigenvalue weighted by atomic mass is 15.1. The minimum Gasteiger partial charge on any atom is -0.310 e. The summed E-state index contributed by atoms with van der Waals surface area (Å²) in [5.41, 5.74) is 1.37. The predicted molar refractivity (Wildman–Crippen MR) is 74.2 cm³/mol. The Morgan fingerprint density at radius 1 is 1.24 bits per heavy atom. The molecule has 1 aliphatic carbocycles. The topological polar surface area (TPSA) is 15.3 Å². The van der Waals surface area contributed by atoms with Crippen LogP contribution >= 0.6 is 0 Å². The van der Waals surface area contributed by atoms with Crippen LogP contribution in [0, 0.1) is 5.92 Å². The van der Waals surface area contributed by atoms with Crippen molar-refractivity contribution in [2.45, 2.75) is 51.5 Å². The number of hydrogen-bond acceptors (Lipinski definition) is 2. The van der Waals surface area contributed by atoms with Crippen LogP contribution in [0.1, 0.15) is 45.4 Å². The Kier molecular flexibility index (Phi) is 5.05. The molecular formula is C15H28N2. The van der Waals surface area contributed by atoms with Gasteiger partial charge in [-0.3, -0.25) is 4.90 Å². The molecule has 0 aromatic heterocycles. The summed E-state index contributed by atoms with van der Waals surface area (Å²) in [5, 5.41) is 3.55. The molecule has 1 aliphatic heterocycles. The zero-order valence-electron chi connectivity index (χ0n) is 11.4. The molecule has 0 atom stereocenters. The average molecular weight is 236 g/mol. The first-order valence-electron chi connectivity index (χ1n) is 7.40. The molecule has 17 heavy (non-hydrogen) atoms. The van der Waals surface area contributed by atoms with Gasteiger partial charge in [0.1, 0.15) is 0 Å². The fourth-order valence-electron chi connectivity index (χ4n) is 2.79. The van der Waals surface area contributed by atoms with Gasteiger partial charge in [0, 0.05) is 19.1 Å². The van der Waals surface area contributed by atoms with Crippen LogP contribution in [-0.4, -0.2) is 37.1 Å². The van der Waals surface area contributed by atoms with Gasteiger partial charge in [-0.15, -0.1) is 0 Å². The van der Waals surface area contributed by atoms with Crippen molar-refractivity contribution in [3.05, 3.63) is 12.2 Å². The summed E-state index contributed by atoms with van der Waals surface area (Å²) < 4.78 is 0. The average Bonchev–Trinajstić information content (AvgIpc) is 3.13. The molecule has 1 saturated heterocycles. The molecule has 0 unspecified atom stereocenters. The van der Waals surface area contributed by atoms with Crippen molar-refractivity contribution < 1.29 is 0 Å². The second-order valence-electron chi connectivity index (χ2n) is 5.91. The molecule has 1 heterocycles. The second-order valence-corrected chi connectivity index (χ2v) is 5.91. The van der Waals surface area contributed by atoms with Gasteiger partial charge in [0.05, 0.1) is 0 Å². The van der Waals surface area contributed by atoms with E-state index >= 15 is 0 Å². The van der Waals surface area contributed by atoms with Gasteiger partial charge in [0.2, 0.25) is 0 Å². The molecule has 1 saturated carbocycles.